The summed E-state index contributed by atoms with van der Waals surface area (Å²) in [7, 11) is 0. The zero-order valence-corrected chi connectivity index (χ0v) is 15.3. The summed E-state index contributed by atoms with van der Waals surface area (Å²) in [6.45, 7) is 7.43. The Kier molecular flexibility index (Phi) is 4.22. The Hall–Kier alpha value is -2.70. The highest BCUT2D eigenvalue weighted by molar-refractivity contribution is 5.56. The van der Waals surface area contributed by atoms with Crippen molar-refractivity contribution in [1.82, 2.24) is 24.7 Å². The molecular formula is C19H23N5O2. The number of aromatic amines is 1. The van der Waals surface area contributed by atoms with Gasteiger partial charge in [-0.3, -0.25) is 4.79 Å². The largest absolute Gasteiger partial charge is 0.334 e. The van der Waals surface area contributed by atoms with Gasteiger partial charge in [-0.25, -0.2) is 4.98 Å². The van der Waals surface area contributed by atoms with Crippen LogP contribution in [0.5, 0.6) is 0 Å². The molecule has 4 heterocycles. The lowest BCUT2D eigenvalue weighted by Gasteiger charge is -2.19. The summed E-state index contributed by atoms with van der Waals surface area (Å²) in [4.78, 5) is 24.3. The first kappa shape index (κ1) is 16.8. The van der Waals surface area contributed by atoms with Crippen LogP contribution in [0.4, 0.5) is 0 Å². The van der Waals surface area contributed by atoms with E-state index in [4.69, 9.17) is 4.52 Å². The van der Waals surface area contributed by atoms with E-state index in [1.165, 1.54) is 0 Å². The molecule has 26 heavy (non-hydrogen) atoms. The third-order valence-electron chi connectivity index (χ3n) is 4.71. The smallest absolute Gasteiger partial charge is 0.278 e. The van der Waals surface area contributed by atoms with Crippen molar-refractivity contribution in [2.45, 2.75) is 46.6 Å². The fourth-order valence-electron chi connectivity index (χ4n) is 3.40. The van der Waals surface area contributed by atoms with Crippen molar-refractivity contribution in [3.05, 3.63) is 40.2 Å². The topological polar surface area (TPSA) is 89.6 Å². The van der Waals surface area contributed by atoms with Crippen molar-refractivity contribution in [3.63, 3.8) is 0 Å². The summed E-state index contributed by atoms with van der Waals surface area (Å²) in [5.41, 5.74) is 1.78. The van der Waals surface area contributed by atoms with Crippen LogP contribution in [0.3, 0.4) is 0 Å². The van der Waals surface area contributed by atoms with Crippen molar-refractivity contribution in [2.75, 3.05) is 0 Å². The molecule has 1 atom stereocenters. The first-order valence-corrected chi connectivity index (χ1v) is 9.12. The van der Waals surface area contributed by atoms with E-state index in [9.17, 15) is 4.79 Å². The minimum absolute atomic E-state index is 0.201. The van der Waals surface area contributed by atoms with Gasteiger partial charge in [-0.2, -0.15) is 4.98 Å². The lowest BCUT2D eigenvalue weighted by atomic mass is 10.0. The first-order valence-electron chi connectivity index (χ1n) is 9.12. The molecule has 1 aliphatic rings. The van der Waals surface area contributed by atoms with Crippen LogP contribution in [-0.2, 0) is 19.4 Å². The van der Waals surface area contributed by atoms with Crippen LogP contribution >= 0.6 is 0 Å². The second-order valence-corrected chi connectivity index (χ2v) is 7.59. The summed E-state index contributed by atoms with van der Waals surface area (Å²) in [6, 6.07) is 3.66. The molecule has 7 nitrogen and oxygen atoms in total. The molecule has 0 aliphatic carbocycles. The maximum absolute atomic E-state index is 12.4. The second-order valence-electron chi connectivity index (χ2n) is 7.59. The maximum atomic E-state index is 12.4. The number of aromatic nitrogens is 5. The Morgan fingerprint density at radius 1 is 1.35 bits per heavy atom. The minimum Gasteiger partial charge on any atom is -0.334 e. The van der Waals surface area contributed by atoms with E-state index in [1.54, 1.807) is 6.07 Å². The number of rotatable bonds is 4. The predicted octanol–water partition coefficient (Wildman–Crippen LogP) is 3.07. The zero-order chi connectivity index (χ0) is 18.3. The van der Waals surface area contributed by atoms with E-state index < -0.39 is 0 Å². The molecule has 0 aromatic carbocycles. The van der Waals surface area contributed by atoms with E-state index in [0.717, 1.165) is 37.3 Å². The number of hydrogen-bond donors (Lipinski definition) is 1. The average Bonchev–Trinajstić information content (AvgIpc) is 3.20. The monoisotopic (exact) mass is 353 g/mol. The Bertz CT molecular complexity index is 982. The normalized spacial score (nSPS) is 16.8. The summed E-state index contributed by atoms with van der Waals surface area (Å²) in [6.07, 6.45) is 4.88. The summed E-state index contributed by atoms with van der Waals surface area (Å²) in [5, 5.41) is 3.98. The molecule has 0 saturated carbocycles. The maximum Gasteiger partial charge on any atom is 0.278 e. The van der Waals surface area contributed by atoms with Crippen molar-refractivity contribution in [1.29, 1.82) is 0 Å². The predicted molar refractivity (Wildman–Crippen MR) is 97.6 cm³/mol. The van der Waals surface area contributed by atoms with Crippen LogP contribution in [0, 0.1) is 11.8 Å². The van der Waals surface area contributed by atoms with Crippen molar-refractivity contribution < 1.29 is 4.52 Å². The first-order chi connectivity index (χ1) is 12.5. The van der Waals surface area contributed by atoms with Gasteiger partial charge in [0, 0.05) is 24.9 Å². The van der Waals surface area contributed by atoms with Crippen LogP contribution < -0.4 is 5.56 Å². The number of aryl methyl sites for hydroxylation is 1. The minimum atomic E-state index is -0.201. The van der Waals surface area contributed by atoms with Gasteiger partial charge in [-0.05, 0) is 36.8 Å². The third kappa shape index (κ3) is 3.21. The molecular weight excluding hydrogens is 330 g/mol. The Balaban J connectivity index is 1.62. The zero-order valence-electron chi connectivity index (χ0n) is 15.3. The highest BCUT2D eigenvalue weighted by Crippen LogP contribution is 2.25. The van der Waals surface area contributed by atoms with E-state index in [1.807, 2.05) is 12.3 Å². The van der Waals surface area contributed by atoms with E-state index >= 15 is 0 Å². The second kappa shape index (κ2) is 6.55. The Morgan fingerprint density at radius 2 is 2.19 bits per heavy atom. The van der Waals surface area contributed by atoms with Gasteiger partial charge in [0.05, 0.1) is 5.56 Å². The van der Waals surface area contributed by atoms with Gasteiger partial charge < -0.3 is 14.1 Å². The van der Waals surface area contributed by atoms with Crippen LogP contribution in [0.1, 0.15) is 38.7 Å². The number of imidazole rings is 1. The van der Waals surface area contributed by atoms with Crippen LogP contribution in [0.15, 0.2) is 27.6 Å². The number of hydrogen-bond acceptors (Lipinski definition) is 5. The van der Waals surface area contributed by atoms with Crippen molar-refractivity contribution in [2.24, 2.45) is 11.8 Å². The fourth-order valence-corrected chi connectivity index (χ4v) is 3.40. The summed E-state index contributed by atoms with van der Waals surface area (Å²) >= 11 is 0. The third-order valence-corrected chi connectivity index (χ3v) is 4.71. The molecule has 1 aliphatic heterocycles. The molecule has 3 aromatic rings. The van der Waals surface area contributed by atoms with Gasteiger partial charge in [-0.1, -0.05) is 25.9 Å². The average molecular weight is 353 g/mol. The number of H-pyrrole nitrogens is 1. The van der Waals surface area contributed by atoms with Gasteiger partial charge >= 0.3 is 0 Å². The molecule has 0 saturated heterocycles. The lowest BCUT2D eigenvalue weighted by molar-refractivity contribution is 0.394. The van der Waals surface area contributed by atoms with Crippen molar-refractivity contribution >= 4 is 0 Å². The van der Waals surface area contributed by atoms with Crippen LogP contribution in [0.2, 0.25) is 0 Å². The van der Waals surface area contributed by atoms with Gasteiger partial charge in [0.2, 0.25) is 5.82 Å². The number of nitrogens with one attached hydrogen (secondary N) is 1. The van der Waals surface area contributed by atoms with Crippen LogP contribution in [0.25, 0.3) is 23.0 Å². The highest BCUT2D eigenvalue weighted by atomic mass is 16.5. The van der Waals surface area contributed by atoms with Gasteiger partial charge in [-0.15, -0.1) is 0 Å². The molecule has 1 N–H and O–H groups in total. The Labute approximate surface area is 151 Å². The molecule has 3 aromatic heterocycles. The highest BCUT2D eigenvalue weighted by Gasteiger charge is 2.21. The van der Waals surface area contributed by atoms with Gasteiger partial charge in [0.1, 0.15) is 11.5 Å². The molecule has 0 radical (unpaired) electrons. The molecule has 0 bridgehead atoms. The summed E-state index contributed by atoms with van der Waals surface area (Å²) in [5.74, 6) is 2.80. The molecule has 1 unspecified atom stereocenters. The van der Waals surface area contributed by atoms with E-state index in [0.29, 0.717) is 29.0 Å². The quantitative estimate of drug-likeness (QED) is 0.778. The van der Waals surface area contributed by atoms with E-state index in [-0.39, 0.29) is 11.4 Å². The SMILES string of the molecule is CC(C)Cc1ccc(-c2noc(-c3cn4c(n3)CCC(C)C4)n2)c(=O)[nH]1. The van der Waals surface area contributed by atoms with Crippen molar-refractivity contribution in [3.8, 4) is 23.0 Å². The van der Waals surface area contributed by atoms with E-state index in [2.05, 4.69) is 45.4 Å². The summed E-state index contributed by atoms with van der Waals surface area (Å²) < 4.78 is 7.52. The molecule has 0 fully saturated rings. The number of pyridine rings is 1. The Morgan fingerprint density at radius 3 is 2.96 bits per heavy atom. The standard InChI is InChI=1S/C19H23N5O2/c1-11(2)8-13-5-6-14(18(25)20-13)17-22-19(26-23-17)15-10-24-9-12(3)4-7-16(24)21-15/h5-6,10-12H,4,7-9H2,1-3H3,(H,20,25). The molecule has 4 rings (SSSR count). The molecule has 7 heteroatoms. The molecule has 0 amide bonds. The fraction of sp³-hybridized carbons (Fsp3) is 0.474. The van der Waals surface area contributed by atoms with Gasteiger partial charge in [0.15, 0.2) is 0 Å². The number of nitrogens with zero attached hydrogens (tertiary/aromatic N) is 4. The number of fused-ring (bicyclic) bond motifs is 1. The van der Waals surface area contributed by atoms with Crippen LogP contribution in [-0.4, -0.2) is 24.7 Å². The molecule has 136 valence electrons. The lowest BCUT2D eigenvalue weighted by Crippen LogP contribution is -2.17. The van der Waals surface area contributed by atoms with Gasteiger partial charge in [0.25, 0.3) is 11.4 Å². The molecule has 0 spiro atoms.